The molecule has 9 aromatic rings. The number of rotatable bonds is 7. The Morgan fingerprint density at radius 2 is 1.13 bits per heavy atom. The topological polar surface area (TPSA) is 24.3 Å². The van der Waals surface area contributed by atoms with Gasteiger partial charge in [-0.1, -0.05) is 149 Å². The number of para-hydroxylation sites is 4. The molecule has 7 aromatic carbocycles. The van der Waals surface area contributed by atoms with Crippen molar-refractivity contribution in [3.8, 4) is 28.1 Å². The minimum Gasteiger partial charge on any atom is -0.493 e. The summed E-state index contributed by atoms with van der Waals surface area (Å²) < 4.78 is 2.28. The molecule has 1 aliphatic heterocycles. The molecule has 0 amide bonds. The molecule has 0 aliphatic carbocycles. The van der Waals surface area contributed by atoms with E-state index < -0.39 is 5.41 Å². The average molecular weight is 957 g/mol. The number of anilines is 4. The Labute approximate surface area is 368 Å². The van der Waals surface area contributed by atoms with Crippen LogP contribution in [0.4, 0.5) is 22.7 Å². The molecule has 10 rings (SSSR count). The number of hydrogen-bond donors (Lipinski definition) is 0. The zero-order chi connectivity index (χ0) is 40.3. The van der Waals surface area contributed by atoms with E-state index in [0.29, 0.717) is 0 Å². The van der Waals surface area contributed by atoms with Gasteiger partial charge in [0.25, 0.3) is 0 Å². The van der Waals surface area contributed by atoms with E-state index in [1.54, 1.807) is 0 Å². The van der Waals surface area contributed by atoms with Gasteiger partial charge in [0.2, 0.25) is 0 Å². The second-order valence-electron chi connectivity index (χ2n) is 17.0. The molecule has 0 atom stereocenters. The first-order chi connectivity index (χ1) is 28.7. The van der Waals surface area contributed by atoms with E-state index in [0.717, 1.165) is 56.1 Å². The van der Waals surface area contributed by atoms with Crippen molar-refractivity contribution in [1.29, 1.82) is 0 Å². The molecule has 0 fully saturated rings. The molecule has 298 valence electrons. The van der Waals surface area contributed by atoms with Crippen molar-refractivity contribution >= 4 is 44.6 Å². The van der Waals surface area contributed by atoms with E-state index in [-0.39, 0.29) is 26.5 Å². The molecule has 3 heterocycles. The van der Waals surface area contributed by atoms with E-state index in [9.17, 15) is 0 Å². The molecule has 2 aromatic heterocycles. The van der Waals surface area contributed by atoms with Crippen molar-refractivity contribution in [2.45, 2.75) is 45.4 Å². The Morgan fingerprint density at radius 1 is 0.533 bits per heavy atom. The molecule has 0 unspecified atom stereocenters. The molecule has 60 heavy (non-hydrogen) atoms. The van der Waals surface area contributed by atoms with Gasteiger partial charge in [0, 0.05) is 61.0 Å². The number of nitrogens with zero attached hydrogens (tertiary/aromatic N) is 4. The first kappa shape index (κ1) is 39.3. The zero-order valence-electron chi connectivity index (χ0n) is 34.4. The quantitative estimate of drug-likeness (QED) is 0.149. The summed E-state index contributed by atoms with van der Waals surface area (Å²) in [5, 5.41) is 2.35. The summed E-state index contributed by atoms with van der Waals surface area (Å²) in [6, 6.07) is 68.5. The SMILES string of the molecule is CC(C)(C)c1ccnc(-n2c3[c-]c(C(C)(C)c4[c-]c(N5[CH-]N(c6c(-c7ccccc7)cccc6-c6ccccc6)c6ccccc65)ccc4)ccc3c3ccccc32)c1.[Pt]. The van der Waals surface area contributed by atoms with E-state index in [4.69, 9.17) is 4.98 Å². The van der Waals surface area contributed by atoms with Crippen LogP contribution in [-0.4, -0.2) is 9.55 Å². The van der Waals surface area contributed by atoms with Crippen molar-refractivity contribution in [1.82, 2.24) is 9.55 Å². The molecule has 0 saturated heterocycles. The van der Waals surface area contributed by atoms with Gasteiger partial charge in [0.05, 0.1) is 0 Å². The van der Waals surface area contributed by atoms with Gasteiger partial charge < -0.3 is 14.4 Å². The number of aromatic nitrogens is 2. The Bertz CT molecular complexity index is 2940. The third-order valence-electron chi connectivity index (χ3n) is 11.9. The van der Waals surface area contributed by atoms with Crippen LogP contribution in [0.5, 0.6) is 0 Å². The maximum absolute atomic E-state index is 4.92. The third kappa shape index (κ3) is 6.74. The largest absolute Gasteiger partial charge is 0.493 e. The van der Waals surface area contributed by atoms with Crippen LogP contribution >= 0.6 is 0 Å². The number of benzene rings is 7. The maximum atomic E-state index is 4.92. The summed E-state index contributed by atoms with van der Waals surface area (Å²) in [6.45, 7) is 13.5. The van der Waals surface area contributed by atoms with Crippen molar-refractivity contribution in [2.75, 3.05) is 9.80 Å². The molecule has 5 heteroatoms. The molecule has 0 saturated carbocycles. The van der Waals surface area contributed by atoms with Gasteiger partial charge in [-0.3, -0.25) is 0 Å². The summed E-state index contributed by atoms with van der Waals surface area (Å²) in [6.07, 6.45) is 1.93. The Balaban J connectivity index is 0.00000462. The van der Waals surface area contributed by atoms with Crippen LogP contribution in [0.15, 0.2) is 176 Å². The fraction of sp³-hybridized carbons (Fsp3) is 0.127. The van der Waals surface area contributed by atoms with Crippen LogP contribution in [0, 0.1) is 18.8 Å². The summed E-state index contributed by atoms with van der Waals surface area (Å²) >= 11 is 0. The predicted molar refractivity (Wildman–Crippen MR) is 246 cm³/mol. The van der Waals surface area contributed by atoms with E-state index in [1.807, 2.05) is 6.20 Å². The zero-order valence-corrected chi connectivity index (χ0v) is 36.7. The standard InChI is InChI=1S/C55H45N4.Pt/c1-54(2,3)40-32-33-56-52(36-40)59-48-27-13-12-24-46(48)47-31-30-42(35-51(47)59)55(4,5)41-22-16-23-43(34-41)57-37-58(50-29-15-14-28-49(50)57)53-44(38-18-8-6-9-19-38)25-17-26-45(53)39-20-10-7-11-21-39;/h6-33,36-37H,1-5H3;/q-3;. The molecule has 0 radical (unpaired) electrons. The van der Waals surface area contributed by atoms with Crippen LogP contribution in [0.2, 0.25) is 0 Å². The normalized spacial score (nSPS) is 12.8. The van der Waals surface area contributed by atoms with Gasteiger partial charge in [-0.05, 0) is 63.2 Å². The number of hydrogen-bond acceptors (Lipinski definition) is 3. The van der Waals surface area contributed by atoms with Gasteiger partial charge in [-0.2, -0.15) is 53.6 Å². The molecule has 4 nitrogen and oxygen atoms in total. The smallest absolute Gasteiger partial charge is 0.135 e. The van der Waals surface area contributed by atoms with Gasteiger partial charge in [-0.15, -0.1) is 17.7 Å². The maximum Gasteiger partial charge on any atom is 0.135 e. The Hall–Kier alpha value is -6.22. The van der Waals surface area contributed by atoms with Gasteiger partial charge >= 0.3 is 0 Å². The minimum atomic E-state index is -0.425. The molecule has 0 bridgehead atoms. The summed E-state index contributed by atoms with van der Waals surface area (Å²) in [5.74, 6) is 0.903. The average Bonchev–Trinajstić information content (AvgIpc) is 3.82. The molecule has 1 aliphatic rings. The molecular formula is C55H45N4Pt-3. The fourth-order valence-electron chi connectivity index (χ4n) is 8.60. The van der Waals surface area contributed by atoms with Crippen LogP contribution < -0.4 is 9.80 Å². The second-order valence-corrected chi connectivity index (χ2v) is 17.0. The Kier molecular flexibility index (Phi) is 10.1. The van der Waals surface area contributed by atoms with Gasteiger partial charge in [-0.25, -0.2) is 4.98 Å². The van der Waals surface area contributed by atoms with Crippen molar-refractivity contribution in [3.05, 3.63) is 212 Å². The molecular weight excluding hydrogens is 912 g/mol. The van der Waals surface area contributed by atoms with Crippen molar-refractivity contribution in [2.24, 2.45) is 0 Å². The number of pyridine rings is 1. The monoisotopic (exact) mass is 956 g/mol. The second kappa shape index (κ2) is 15.4. The van der Waals surface area contributed by atoms with Crippen LogP contribution in [0.1, 0.15) is 51.3 Å². The van der Waals surface area contributed by atoms with Crippen molar-refractivity contribution < 1.29 is 21.1 Å². The van der Waals surface area contributed by atoms with Crippen molar-refractivity contribution in [3.63, 3.8) is 0 Å². The molecule has 0 N–H and O–H groups in total. The summed E-state index contributed by atoms with van der Waals surface area (Å²) in [4.78, 5) is 9.55. The first-order valence-electron chi connectivity index (χ1n) is 20.4. The van der Waals surface area contributed by atoms with Gasteiger partial charge in [0.1, 0.15) is 5.82 Å². The van der Waals surface area contributed by atoms with E-state index >= 15 is 0 Å². The minimum absolute atomic E-state index is 0. The van der Waals surface area contributed by atoms with Crippen LogP contribution in [-0.2, 0) is 31.9 Å². The predicted octanol–water partition coefficient (Wildman–Crippen LogP) is 14.1. The van der Waals surface area contributed by atoms with Crippen LogP contribution in [0.3, 0.4) is 0 Å². The van der Waals surface area contributed by atoms with E-state index in [1.165, 1.54) is 33.2 Å². The fourth-order valence-corrected chi connectivity index (χ4v) is 8.60. The van der Waals surface area contributed by atoms with Gasteiger partial charge in [0.15, 0.2) is 0 Å². The summed E-state index contributed by atoms with van der Waals surface area (Å²) in [7, 11) is 0. The van der Waals surface area contributed by atoms with E-state index in [2.05, 4.69) is 238 Å². The van der Waals surface area contributed by atoms with Crippen LogP contribution in [0.25, 0.3) is 49.9 Å². The summed E-state index contributed by atoms with van der Waals surface area (Å²) in [5.41, 5.74) is 14.1. The Morgan fingerprint density at radius 3 is 1.82 bits per heavy atom. The first-order valence-corrected chi connectivity index (χ1v) is 20.4. The third-order valence-corrected chi connectivity index (χ3v) is 11.9. The molecule has 0 spiro atoms. The number of fused-ring (bicyclic) bond motifs is 4.